The van der Waals surface area contributed by atoms with Crippen LogP contribution >= 0.6 is 0 Å². The first-order chi connectivity index (χ1) is 13.7. The molecule has 0 N–H and O–H groups in total. The van der Waals surface area contributed by atoms with E-state index in [-0.39, 0.29) is 30.5 Å². The Kier molecular flexibility index (Phi) is 7.30. The van der Waals surface area contributed by atoms with Crippen molar-refractivity contribution >= 4 is 28.7 Å². The van der Waals surface area contributed by atoms with E-state index < -0.39 is 23.3 Å². The van der Waals surface area contributed by atoms with Crippen molar-refractivity contribution in [3.8, 4) is 17.2 Å². The molecule has 0 aliphatic rings. The van der Waals surface area contributed by atoms with Gasteiger partial charge in [-0.3, -0.25) is 4.79 Å². The van der Waals surface area contributed by atoms with Gasteiger partial charge in [0.05, 0.1) is 5.41 Å². The molecule has 0 unspecified atom stereocenters. The predicted molar refractivity (Wildman–Crippen MR) is 104 cm³/mol. The average Bonchev–Trinajstić information content (AvgIpc) is 2.63. The summed E-state index contributed by atoms with van der Waals surface area (Å²) in [4.78, 5) is 36.6. The summed E-state index contributed by atoms with van der Waals surface area (Å²) in [5.41, 5.74) is -0.822. The molecule has 2 rings (SSSR count). The molecule has 2 aromatic rings. The van der Waals surface area contributed by atoms with Crippen molar-refractivity contribution in [1.29, 1.82) is 0 Å². The molecule has 0 fully saturated rings. The second-order valence-electron chi connectivity index (χ2n) is 7.21. The highest BCUT2D eigenvalue weighted by Crippen LogP contribution is 2.44. The van der Waals surface area contributed by atoms with E-state index in [2.05, 4.69) is 0 Å². The monoisotopic (exact) mass is 404 g/mol. The number of methoxy groups -OCH3 is 2. The SMILES string of the molecule is COCC(=O)Oc1cc2ccccc2c(OC(=O)C(C)(C)C)c1OC(=O)COC. The maximum Gasteiger partial charge on any atom is 0.337 e. The van der Waals surface area contributed by atoms with Crippen LogP contribution in [0.5, 0.6) is 17.2 Å². The highest BCUT2D eigenvalue weighted by Gasteiger charge is 2.29. The quantitative estimate of drug-likeness (QED) is 0.513. The zero-order valence-corrected chi connectivity index (χ0v) is 17.1. The molecule has 0 atom stereocenters. The van der Waals surface area contributed by atoms with Crippen LogP contribution in [0.4, 0.5) is 0 Å². The van der Waals surface area contributed by atoms with E-state index in [1.54, 1.807) is 45.0 Å². The van der Waals surface area contributed by atoms with Gasteiger partial charge in [0.1, 0.15) is 13.2 Å². The molecule has 2 aromatic carbocycles. The predicted octanol–water partition coefficient (Wildman–Crippen LogP) is 2.89. The van der Waals surface area contributed by atoms with Gasteiger partial charge in [-0.1, -0.05) is 24.3 Å². The fraction of sp³-hybridized carbons (Fsp3) is 0.381. The summed E-state index contributed by atoms with van der Waals surface area (Å²) >= 11 is 0. The molecular weight excluding hydrogens is 380 g/mol. The molecule has 0 amide bonds. The van der Waals surface area contributed by atoms with Crippen molar-refractivity contribution in [1.82, 2.24) is 0 Å². The van der Waals surface area contributed by atoms with Crippen LogP contribution in [0.1, 0.15) is 20.8 Å². The van der Waals surface area contributed by atoms with Crippen LogP contribution in [0, 0.1) is 5.41 Å². The van der Waals surface area contributed by atoms with Crippen LogP contribution in [0.3, 0.4) is 0 Å². The Morgan fingerprint density at radius 1 is 0.828 bits per heavy atom. The van der Waals surface area contributed by atoms with E-state index in [0.29, 0.717) is 10.8 Å². The largest absolute Gasteiger partial charge is 0.421 e. The summed E-state index contributed by atoms with van der Waals surface area (Å²) in [6.45, 7) is 4.42. The Labute approximate surface area is 168 Å². The molecule has 0 saturated carbocycles. The van der Waals surface area contributed by atoms with Gasteiger partial charge in [0.15, 0.2) is 11.5 Å². The van der Waals surface area contributed by atoms with E-state index in [1.807, 2.05) is 0 Å². The lowest BCUT2D eigenvalue weighted by atomic mass is 9.97. The van der Waals surface area contributed by atoms with Gasteiger partial charge >= 0.3 is 17.9 Å². The molecule has 8 heteroatoms. The lowest BCUT2D eigenvalue weighted by Gasteiger charge is -2.20. The molecule has 29 heavy (non-hydrogen) atoms. The fourth-order valence-electron chi connectivity index (χ4n) is 2.32. The first-order valence-corrected chi connectivity index (χ1v) is 8.84. The molecule has 0 heterocycles. The van der Waals surface area contributed by atoms with Crippen LogP contribution in [-0.4, -0.2) is 45.3 Å². The molecule has 0 saturated heterocycles. The first kappa shape index (κ1) is 22.3. The Balaban J connectivity index is 2.66. The third-order valence-electron chi connectivity index (χ3n) is 3.69. The molecular formula is C21H24O8. The summed E-state index contributed by atoms with van der Waals surface area (Å²) in [5, 5.41) is 1.13. The van der Waals surface area contributed by atoms with Gasteiger partial charge in [0, 0.05) is 19.6 Å². The van der Waals surface area contributed by atoms with Gasteiger partial charge in [0.25, 0.3) is 0 Å². The normalized spacial score (nSPS) is 11.2. The molecule has 0 radical (unpaired) electrons. The lowest BCUT2D eigenvalue weighted by Crippen LogP contribution is -2.26. The van der Waals surface area contributed by atoms with Gasteiger partial charge in [-0.05, 0) is 32.2 Å². The zero-order valence-electron chi connectivity index (χ0n) is 17.1. The van der Waals surface area contributed by atoms with Crippen LogP contribution in [0.2, 0.25) is 0 Å². The van der Waals surface area contributed by atoms with E-state index >= 15 is 0 Å². The summed E-state index contributed by atoms with van der Waals surface area (Å²) in [6, 6.07) is 8.49. The minimum Gasteiger partial charge on any atom is -0.421 e. The standard InChI is InChI=1S/C21H24O8/c1-21(2,3)20(24)29-18-14-9-7-6-8-13(14)10-15(27-16(22)11-25-4)19(18)28-17(23)12-26-5/h6-10H,11-12H2,1-5H3. The third kappa shape index (κ3) is 5.75. The number of benzene rings is 2. The summed E-state index contributed by atoms with van der Waals surface area (Å²) in [7, 11) is 2.68. The van der Waals surface area contributed by atoms with Gasteiger partial charge in [-0.25, -0.2) is 9.59 Å². The smallest absolute Gasteiger partial charge is 0.337 e. The van der Waals surface area contributed by atoms with Crippen molar-refractivity contribution in [2.24, 2.45) is 5.41 Å². The van der Waals surface area contributed by atoms with Crippen molar-refractivity contribution in [2.45, 2.75) is 20.8 Å². The van der Waals surface area contributed by atoms with Crippen molar-refractivity contribution in [3.05, 3.63) is 30.3 Å². The van der Waals surface area contributed by atoms with Crippen molar-refractivity contribution in [3.63, 3.8) is 0 Å². The van der Waals surface area contributed by atoms with E-state index in [0.717, 1.165) is 0 Å². The van der Waals surface area contributed by atoms with Crippen LogP contribution in [-0.2, 0) is 23.9 Å². The number of hydrogen-bond acceptors (Lipinski definition) is 8. The maximum atomic E-state index is 12.6. The van der Waals surface area contributed by atoms with Crippen LogP contribution < -0.4 is 14.2 Å². The molecule has 0 bridgehead atoms. The second kappa shape index (κ2) is 9.49. The highest BCUT2D eigenvalue weighted by molar-refractivity contribution is 5.97. The summed E-state index contributed by atoms with van der Waals surface area (Å²) in [6.07, 6.45) is 0. The Morgan fingerprint density at radius 2 is 1.41 bits per heavy atom. The first-order valence-electron chi connectivity index (χ1n) is 8.84. The van der Waals surface area contributed by atoms with E-state index in [4.69, 9.17) is 23.7 Å². The van der Waals surface area contributed by atoms with Gasteiger partial charge < -0.3 is 23.7 Å². The van der Waals surface area contributed by atoms with E-state index in [9.17, 15) is 14.4 Å². The summed E-state index contributed by atoms with van der Waals surface area (Å²) in [5.74, 6) is -2.29. The Morgan fingerprint density at radius 3 is 2.00 bits per heavy atom. The van der Waals surface area contributed by atoms with Crippen molar-refractivity contribution in [2.75, 3.05) is 27.4 Å². The zero-order chi connectivity index (χ0) is 21.6. The molecule has 0 spiro atoms. The number of carbonyl (C=O) groups excluding carboxylic acids is 3. The van der Waals surface area contributed by atoms with Gasteiger partial charge in [-0.15, -0.1) is 0 Å². The second-order valence-corrected chi connectivity index (χ2v) is 7.21. The minimum atomic E-state index is -0.822. The Hall–Kier alpha value is -2.97. The lowest BCUT2D eigenvalue weighted by molar-refractivity contribution is -0.144. The molecule has 156 valence electrons. The number of hydrogen-bond donors (Lipinski definition) is 0. The van der Waals surface area contributed by atoms with E-state index in [1.165, 1.54) is 20.3 Å². The number of fused-ring (bicyclic) bond motifs is 1. The molecule has 0 aliphatic carbocycles. The average molecular weight is 404 g/mol. The number of rotatable bonds is 7. The van der Waals surface area contributed by atoms with Crippen LogP contribution in [0.15, 0.2) is 30.3 Å². The highest BCUT2D eigenvalue weighted by atomic mass is 16.6. The summed E-state index contributed by atoms with van der Waals surface area (Å²) < 4.78 is 25.8. The number of ether oxygens (including phenoxy) is 5. The van der Waals surface area contributed by atoms with Crippen LogP contribution in [0.25, 0.3) is 10.8 Å². The molecule has 0 aromatic heterocycles. The third-order valence-corrected chi connectivity index (χ3v) is 3.69. The molecule has 0 aliphatic heterocycles. The van der Waals surface area contributed by atoms with Crippen molar-refractivity contribution < 1.29 is 38.1 Å². The topological polar surface area (TPSA) is 97.4 Å². The fourth-order valence-corrected chi connectivity index (χ4v) is 2.32. The molecule has 8 nitrogen and oxygen atoms in total. The van der Waals surface area contributed by atoms with Gasteiger partial charge in [0.2, 0.25) is 5.75 Å². The van der Waals surface area contributed by atoms with Gasteiger partial charge in [-0.2, -0.15) is 0 Å². The minimum absolute atomic E-state index is 0.0207. The number of esters is 3. The Bertz CT molecular complexity index is 911. The number of carbonyl (C=O) groups is 3. The maximum absolute atomic E-state index is 12.6.